The van der Waals surface area contributed by atoms with Gasteiger partial charge in [-0.05, 0) is 299 Å². The molecule has 0 spiro atoms. The van der Waals surface area contributed by atoms with E-state index in [1.165, 1.54) is 56.8 Å². The van der Waals surface area contributed by atoms with Crippen LogP contribution in [0.15, 0.2) is 346 Å². The number of rotatable bonds is 31. The standard InChI is InChI=1S/C19H20O3.C18H18O3.2C18H18O2.C17H15NO4.2C17H16O2/c1-13-11-17(21-3)19(18(12-13)22-4)16(20)10-9-15-8-6-5-7-14(15)2;1-13-6-4-7-14(12-13)10-11-15(19)18-16(20-2)8-5-9-17(18)21-3;1-13-5-4-6-15(9-13)7-8-18(19)16-10-14(2)11-17(12-16)20-3;1-13-10-16(12-17(11-13)20-3)18(19)9-8-15-7-5-4-6-14(15)2;1-12-9-14(11-15(10-12)22-2)17(19)8-7-13-5-3-4-6-16(13)18(20)21;1-13-6-5-7-14(12-13)10-11-16(18)15-8-3-4-9-17(15)19-2;1-13-7-3-4-8-14(13)11-12-16(18)15-9-5-6-10-17(15)19-2/h5-12H,1-4H3;4-12H,1-3H3;2*4-12H,1-3H3;3-11H,1-2H3;2*3-12H,1-2H3/b10-9+;11-10+;8-7+;9-8+;8-7+;11-10+;12-11+. The topological polar surface area (TPSA) is 246 Å². The molecule has 0 aromatic heterocycles. The number of methoxy groups -OCH3 is 9. The second kappa shape index (κ2) is 57.7. The van der Waals surface area contributed by atoms with Gasteiger partial charge < -0.3 is 42.6 Å². The highest BCUT2D eigenvalue weighted by atomic mass is 16.6. The maximum absolute atomic E-state index is 12.6. The van der Waals surface area contributed by atoms with Crippen LogP contribution in [0.2, 0.25) is 0 Å². The second-order valence-electron chi connectivity index (χ2n) is 32.7. The van der Waals surface area contributed by atoms with Crippen molar-refractivity contribution in [1.29, 1.82) is 0 Å². The van der Waals surface area contributed by atoms with Crippen molar-refractivity contribution >= 4 is 88.7 Å². The maximum Gasteiger partial charge on any atom is 0.276 e. The van der Waals surface area contributed by atoms with Crippen LogP contribution < -0.4 is 42.6 Å². The summed E-state index contributed by atoms with van der Waals surface area (Å²) in [5.41, 5.74) is 21.1. The SMILES string of the molecule is COc1cc(C)cc(C(=O)/C=C/c2cccc(C)c2)c1.COc1cc(C)cc(C(=O)/C=C/c2ccccc2C)c1.COc1cc(C)cc(C(=O)/C=C/c2ccccc2[N+](=O)[O-])c1.COc1cc(C)cc(OC)c1C(=O)/C=C/c1ccccc1C.COc1cccc(OC)c1C(=O)/C=C/c1cccc(C)c1.COc1ccccc1C(=O)/C=C/c1cccc(C)c1.COc1ccccc1C(=O)/C=C/c1ccccc1C. The van der Waals surface area contributed by atoms with Gasteiger partial charge in [0.1, 0.15) is 62.9 Å². The van der Waals surface area contributed by atoms with Gasteiger partial charge in [0.25, 0.3) is 5.69 Å². The Balaban J connectivity index is 0.000000204. The van der Waals surface area contributed by atoms with Gasteiger partial charge in [-0.25, -0.2) is 0 Å². The lowest BCUT2D eigenvalue weighted by Gasteiger charge is -2.12. The number of carbonyl (C=O) groups excluding carboxylic acids is 7. The third kappa shape index (κ3) is 35.5. The fraction of sp³-hybridized carbons (Fsp3) is 0.153. The third-order valence-electron chi connectivity index (χ3n) is 21.8. The first-order valence-corrected chi connectivity index (χ1v) is 45.7. The summed E-state index contributed by atoms with van der Waals surface area (Å²) in [6, 6.07) is 93.8. The molecule has 0 heterocycles. The minimum Gasteiger partial charge on any atom is -0.497 e. The molecule has 19 nitrogen and oxygen atoms in total. The zero-order valence-corrected chi connectivity index (χ0v) is 84.2. The monoisotopic (exact) mass is 1910 g/mol. The lowest BCUT2D eigenvalue weighted by molar-refractivity contribution is -0.385. The summed E-state index contributed by atoms with van der Waals surface area (Å²) in [6.45, 7) is 19.8. The zero-order valence-electron chi connectivity index (χ0n) is 84.2. The predicted molar refractivity (Wildman–Crippen MR) is 577 cm³/mol. The van der Waals surface area contributed by atoms with E-state index in [2.05, 4.69) is 0 Å². The Bertz CT molecular complexity index is 6950. The van der Waals surface area contributed by atoms with E-state index in [0.717, 1.165) is 77.9 Å². The fourth-order valence-corrected chi connectivity index (χ4v) is 14.4. The Kier molecular flexibility index (Phi) is 44.7. The van der Waals surface area contributed by atoms with Gasteiger partial charge in [-0.3, -0.25) is 43.7 Å². The van der Waals surface area contributed by atoms with Crippen LogP contribution in [0, 0.1) is 79.4 Å². The molecule has 0 unspecified atom stereocenters. The Morgan fingerprint density at radius 1 is 0.224 bits per heavy atom. The van der Waals surface area contributed by atoms with Gasteiger partial charge in [0.15, 0.2) is 40.5 Å². The first kappa shape index (κ1) is 111. The summed E-state index contributed by atoms with van der Waals surface area (Å²) in [5.74, 6) is 4.60. The van der Waals surface area contributed by atoms with Gasteiger partial charge in [0, 0.05) is 22.8 Å². The number of ether oxygens (including phenoxy) is 9. The van der Waals surface area contributed by atoms with E-state index >= 15 is 0 Å². The van der Waals surface area contributed by atoms with Crippen molar-refractivity contribution < 1.29 is 81.1 Å². The number of carbonyl (C=O) groups is 7. The normalized spacial score (nSPS) is 10.7. The van der Waals surface area contributed by atoms with Crippen molar-refractivity contribution in [2.24, 2.45) is 0 Å². The predicted octanol–water partition coefficient (Wildman–Crippen LogP) is 28.1. The molecule has 0 aliphatic rings. The lowest BCUT2D eigenvalue weighted by Crippen LogP contribution is -2.03. The molecular weight excluding hydrogens is 1790 g/mol. The third-order valence-corrected chi connectivity index (χ3v) is 21.8. The van der Waals surface area contributed by atoms with E-state index in [0.29, 0.717) is 96.3 Å². The molecule has 0 amide bonds. The smallest absolute Gasteiger partial charge is 0.276 e. The number of nitro groups is 1. The van der Waals surface area contributed by atoms with Crippen molar-refractivity contribution in [3.63, 3.8) is 0 Å². The van der Waals surface area contributed by atoms with Crippen LogP contribution in [0.1, 0.15) is 167 Å². The largest absolute Gasteiger partial charge is 0.497 e. The zero-order chi connectivity index (χ0) is 104. The summed E-state index contributed by atoms with van der Waals surface area (Å²) in [7, 11) is 14.1. The van der Waals surface area contributed by atoms with Gasteiger partial charge in [0.2, 0.25) is 0 Å². The molecule has 14 rings (SSSR count). The number of nitrogens with zero attached hydrogens (tertiary/aromatic N) is 1. The number of nitro benzene ring substituents is 1. The van der Waals surface area contributed by atoms with Crippen LogP contribution in [0.25, 0.3) is 42.5 Å². The average molecular weight is 1910 g/mol. The highest BCUT2D eigenvalue weighted by Crippen LogP contribution is 2.34. The van der Waals surface area contributed by atoms with E-state index < -0.39 is 4.92 Å². The quantitative estimate of drug-likeness (QED) is 0.0170. The van der Waals surface area contributed by atoms with Gasteiger partial charge in [0.05, 0.1) is 85.6 Å². The molecule has 14 aromatic rings. The van der Waals surface area contributed by atoms with Crippen molar-refractivity contribution in [3.05, 3.63) is 489 Å². The number of ketones is 7. The minimum absolute atomic E-state index is 0.0183. The Hall–Kier alpha value is -17.5. The highest BCUT2D eigenvalue weighted by molar-refractivity contribution is 6.13. The first-order valence-electron chi connectivity index (χ1n) is 45.7. The van der Waals surface area contributed by atoms with Gasteiger partial charge >= 0.3 is 0 Å². The van der Waals surface area contributed by atoms with Crippen molar-refractivity contribution in [1.82, 2.24) is 0 Å². The summed E-state index contributed by atoms with van der Waals surface area (Å²) in [6.07, 6.45) is 23.2. The molecule has 0 aliphatic carbocycles. The Morgan fingerprint density at radius 3 is 0.811 bits per heavy atom. The number of allylic oxidation sites excluding steroid dienone is 7. The molecule has 143 heavy (non-hydrogen) atoms. The molecule has 0 bridgehead atoms. The molecule has 730 valence electrons. The summed E-state index contributed by atoms with van der Waals surface area (Å²) < 4.78 is 47.0. The highest BCUT2D eigenvalue weighted by Gasteiger charge is 2.20. The Labute approximate surface area is 839 Å². The Morgan fingerprint density at radius 2 is 0.483 bits per heavy atom. The van der Waals surface area contributed by atoms with Gasteiger partial charge in [-0.15, -0.1) is 0 Å². The van der Waals surface area contributed by atoms with Crippen LogP contribution in [0.4, 0.5) is 5.69 Å². The lowest BCUT2D eigenvalue weighted by atomic mass is 10.0. The number of aryl methyl sites for hydroxylation is 10. The molecular formula is C124H121NO18. The number of benzene rings is 14. The second-order valence-corrected chi connectivity index (χ2v) is 32.7. The van der Waals surface area contributed by atoms with Crippen molar-refractivity contribution in [3.8, 4) is 51.7 Å². The fourth-order valence-electron chi connectivity index (χ4n) is 14.4. The summed E-state index contributed by atoms with van der Waals surface area (Å²) in [4.78, 5) is 96.3. The van der Waals surface area contributed by atoms with E-state index in [1.54, 1.807) is 164 Å². The molecule has 0 aliphatic heterocycles. The molecule has 19 heteroatoms. The van der Waals surface area contributed by atoms with E-state index in [1.807, 2.05) is 312 Å². The maximum atomic E-state index is 12.6. The van der Waals surface area contributed by atoms with Crippen LogP contribution in [0.3, 0.4) is 0 Å². The van der Waals surface area contributed by atoms with Gasteiger partial charge in [-0.1, -0.05) is 241 Å². The molecule has 0 saturated heterocycles. The molecule has 14 aromatic carbocycles. The molecule has 0 N–H and O–H groups in total. The molecule has 0 fully saturated rings. The van der Waals surface area contributed by atoms with Crippen LogP contribution in [0.5, 0.6) is 51.7 Å². The summed E-state index contributed by atoms with van der Waals surface area (Å²) >= 11 is 0. The van der Waals surface area contributed by atoms with Crippen molar-refractivity contribution in [2.45, 2.75) is 69.2 Å². The molecule has 0 saturated carbocycles. The van der Waals surface area contributed by atoms with E-state index in [-0.39, 0.29) is 46.2 Å². The van der Waals surface area contributed by atoms with Crippen LogP contribution >= 0.6 is 0 Å². The average Bonchev–Trinajstić information content (AvgIpc) is 0.814. The minimum atomic E-state index is -0.472. The number of hydrogen-bond acceptors (Lipinski definition) is 18. The van der Waals surface area contributed by atoms with Crippen LogP contribution in [-0.2, 0) is 0 Å². The summed E-state index contributed by atoms with van der Waals surface area (Å²) in [5, 5.41) is 10.9. The van der Waals surface area contributed by atoms with Crippen molar-refractivity contribution in [2.75, 3.05) is 64.0 Å². The van der Waals surface area contributed by atoms with Crippen LogP contribution in [-0.4, -0.2) is 109 Å². The first-order chi connectivity index (χ1) is 68.8. The number of hydrogen-bond donors (Lipinski definition) is 0. The molecule has 0 atom stereocenters. The van der Waals surface area contributed by atoms with E-state index in [4.69, 9.17) is 42.6 Å². The van der Waals surface area contributed by atoms with Gasteiger partial charge in [-0.2, -0.15) is 0 Å². The molecule has 0 radical (unpaired) electrons. The van der Waals surface area contributed by atoms with E-state index in [9.17, 15) is 43.7 Å². The number of para-hydroxylation sites is 3.